The van der Waals surface area contributed by atoms with E-state index in [4.69, 9.17) is 14.2 Å². The van der Waals surface area contributed by atoms with Gasteiger partial charge in [-0.3, -0.25) is 0 Å². The van der Waals surface area contributed by atoms with Crippen LogP contribution in [0.15, 0.2) is 18.2 Å². The minimum absolute atomic E-state index is 0.241. The Morgan fingerprint density at radius 1 is 1.10 bits per heavy atom. The second-order valence-electron chi connectivity index (χ2n) is 6.49. The highest BCUT2D eigenvalue weighted by Gasteiger charge is 2.41. The highest BCUT2D eigenvalue weighted by atomic mass is 16.7. The summed E-state index contributed by atoms with van der Waals surface area (Å²) in [5.74, 6) is 1.71. The summed E-state index contributed by atoms with van der Waals surface area (Å²) in [6, 6.07) is 6.14. The molecule has 2 heterocycles. The zero-order valence-corrected chi connectivity index (χ0v) is 12.4. The largest absolute Gasteiger partial charge is 0.454 e. The molecule has 1 aromatic carbocycles. The molecule has 0 aromatic heterocycles. The van der Waals surface area contributed by atoms with Crippen molar-refractivity contribution in [3.63, 3.8) is 0 Å². The first kappa shape index (κ1) is 13.4. The molecule has 2 aliphatic heterocycles. The first-order valence-electron chi connectivity index (χ1n) is 8.10. The standard InChI is InChI=1S/C17H23NO3/c1-2-7-17(6-1)8-5-14(21-17)11-18-10-13-3-4-15-16(9-13)20-12-19-15/h3-4,9,14,18H,1-2,5-8,10-12H2. The molecule has 1 saturated heterocycles. The highest BCUT2D eigenvalue weighted by molar-refractivity contribution is 5.44. The fourth-order valence-electron chi connectivity index (χ4n) is 3.85. The lowest BCUT2D eigenvalue weighted by atomic mass is 9.98. The first-order chi connectivity index (χ1) is 10.3. The van der Waals surface area contributed by atoms with Crippen molar-refractivity contribution >= 4 is 0 Å². The minimum atomic E-state index is 0.241. The molecule has 0 amide bonds. The number of nitrogens with one attached hydrogen (secondary N) is 1. The van der Waals surface area contributed by atoms with Gasteiger partial charge in [0.1, 0.15) is 0 Å². The molecular formula is C17H23NO3. The average Bonchev–Trinajstić information content (AvgIpc) is 3.22. The predicted octanol–water partition coefficient (Wildman–Crippen LogP) is 3.00. The van der Waals surface area contributed by atoms with E-state index in [9.17, 15) is 0 Å². The lowest BCUT2D eigenvalue weighted by molar-refractivity contribution is -0.0351. The summed E-state index contributed by atoms with van der Waals surface area (Å²) >= 11 is 0. The van der Waals surface area contributed by atoms with Gasteiger partial charge < -0.3 is 19.5 Å². The fraction of sp³-hybridized carbons (Fsp3) is 0.647. The maximum Gasteiger partial charge on any atom is 0.231 e. The summed E-state index contributed by atoms with van der Waals surface area (Å²) in [7, 11) is 0. The lowest BCUT2D eigenvalue weighted by Crippen LogP contribution is -2.30. The van der Waals surface area contributed by atoms with Crippen molar-refractivity contribution in [2.75, 3.05) is 13.3 Å². The van der Waals surface area contributed by atoms with Crippen LogP contribution in [0.2, 0.25) is 0 Å². The molecule has 3 aliphatic rings. The maximum atomic E-state index is 6.31. The van der Waals surface area contributed by atoms with Gasteiger partial charge in [-0.15, -0.1) is 0 Å². The molecule has 0 bridgehead atoms. The van der Waals surface area contributed by atoms with E-state index in [0.717, 1.165) is 24.6 Å². The SMILES string of the molecule is c1cc2c(cc1CNCC1CCC3(CCCC3)O1)OCO2. The molecule has 114 valence electrons. The Morgan fingerprint density at radius 2 is 1.95 bits per heavy atom. The second-order valence-corrected chi connectivity index (χ2v) is 6.49. The molecule has 0 radical (unpaired) electrons. The third-order valence-electron chi connectivity index (χ3n) is 4.99. The van der Waals surface area contributed by atoms with Crippen molar-refractivity contribution in [1.29, 1.82) is 0 Å². The molecule has 1 aliphatic carbocycles. The lowest BCUT2D eigenvalue weighted by Gasteiger charge is -2.23. The molecule has 1 spiro atoms. The Balaban J connectivity index is 1.26. The van der Waals surface area contributed by atoms with E-state index in [0.29, 0.717) is 12.9 Å². The third kappa shape index (κ3) is 2.74. The first-order valence-corrected chi connectivity index (χ1v) is 8.10. The Bertz CT molecular complexity index is 511. The highest BCUT2D eigenvalue weighted by Crippen LogP contribution is 2.43. The van der Waals surface area contributed by atoms with Gasteiger partial charge in [-0.1, -0.05) is 18.9 Å². The second kappa shape index (κ2) is 5.50. The Hall–Kier alpha value is -1.26. The van der Waals surface area contributed by atoms with Crippen molar-refractivity contribution in [2.24, 2.45) is 0 Å². The molecule has 1 aromatic rings. The molecule has 1 unspecified atom stereocenters. The van der Waals surface area contributed by atoms with E-state index >= 15 is 0 Å². The molecule has 4 rings (SSSR count). The van der Waals surface area contributed by atoms with Gasteiger partial charge in [-0.05, 0) is 43.4 Å². The molecule has 21 heavy (non-hydrogen) atoms. The summed E-state index contributed by atoms with van der Waals surface area (Å²) in [6.07, 6.45) is 8.07. The number of fused-ring (bicyclic) bond motifs is 1. The van der Waals surface area contributed by atoms with Gasteiger partial charge in [0.15, 0.2) is 11.5 Å². The molecule has 4 nitrogen and oxygen atoms in total. The van der Waals surface area contributed by atoms with Crippen LogP contribution in [0.4, 0.5) is 0 Å². The van der Waals surface area contributed by atoms with E-state index in [-0.39, 0.29) is 5.60 Å². The maximum absolute atomic E-state index is 6.31. The van der Waals surface area contributed by atoms with Crippen LogP contribution in [0.1, 0.15) is 44.1 Å². The van der Waals surface area contributed by atoms with E-state index in [1.54, 1.807) is 0 Å². The van der Waals surface area contributed by atoms with E-state index in [1.807, 2.05) is 6.07 Å². The summed E-state index contributed by atoms with van der Waals surface area (Å²) in [5.41, 5.74) is 1.47. The Morgan fingerprint density at radius 3 is 2.86 bits per heavy atom. The number of ether oxygens (including phenoxy) is 3. The normalized spacial score (nSPS) is 25.8. The molecule has 1 saturated carbocycles. The van der Waals surface area contributed by atoms with Gasteiger partial charge in [0.05, 0.1) is 11.7 Å². The van der Waals surface area contributed by atoms with E-state index in [2.05, 4.69) is 17.4 Å². The molecule has 4 heteroatoms. The number of rotatable bonds is 4. The van der Waals surface area contributed by atoms with Crippen LogP contribution in [-0.2, 0) is 11.3 Å². The van der Waals surface area contributed by atoms with Crippen LogP contribution in [0.5, 0.6) is 11.5 Å². The third-order valence-corrected chi connectivity index (χ3v) is 4.99. The van der Waals surface area contributed by atoms with Crippen molar-refractivity contribution in [2.45, 2.75) is 56.8 Å². The molecule has 2 fully saturated rings. The number of hydrogen-bond donors (Lipinski definition) is 1. The Labute approximate surface area is 125 Å². The summed E-state index contributed by atoms with van der Waals surface area (Å²) in [4.78, 5) is 0. The van der Waals surface area contributed by atoms with Gasteiger partial charge in [-0.25, -0.2) is 0 Å². The van der Waals surface area contributed by atoms with Gasteiger partial charge in [-0.2, -0.15) is 0 Å². The van der Waals surface area contributed by atoms with Crippen molar-refractivity contribution in [1.82, 2.24) is 5.32 Å². The molecular weight excluding hydrogens is 266 g/mol. The van der Waals surface area contributed by atoms with Crippen molar-refractivity contribution in [3.05, 3.63) is 23.8 Å². The monoisotopic (exact) mass is 289 g/mol. The summed E-state index contributed by atoms with van der Waals surface area (Å²) in [5, 5.41) is 3.52. The summed E-state index contributed by atoms with van der Waals surface area (Å²) < 4.78 is 17.1. The predicted molar refractivity (Wildman–Crippen MR) is 79.6 cm³/mol. The van der Waals surface area contributed by atoms with Crippen LogP contribution in [-0.4, -0.2) is 25.0 Å². The Kier molecular flexibility index (Phi) is 3.51. The summed E-state index contributed by atoms with van der Waals surface area (Å²) in [6.45, 7) is 2.13. The van der Waals surface area contributed by atoms with Gasteiger partial charge in [0.25, 0.3) is 0 Å². The minimum Gasteiger partial charge on any atom is -0.454 e. The van der Waals surface area contributed by atoms with Crippen LogP contribution in [0, 0.1) is 0 Å². The van der Waals surface area contributed by atoms with Crippen LogP contribution < -0.4 is 14.8 Å². The van der Waals surface area contributed by atoms with Crippen LogP contribution in [0.25, 0.3) is 0 Å². The topological polar surface area (TPSA) is 39.7 Å². The smallest absolute Gasteiger partial charge is 0.231 e. The zero-order chi connectivity index (χ0) is 14.1. The molecule has 1 N–H and O–H groups in total. The van der Waals surface area contributed by atoms with Gasteiger partial charge in [0.2, 0.25) is 6.79 Å². The van der Waals surface area contributed by atoms with E-state index < -0.39 is 0 Å². The van der Waals surface area contributed by atoms with Crippen molar-refractivity contribution < 1.29 is 14.2 Å². The average molecular weight is 289 g/mol. The van der Waals surface area contributed by atoms with Gasteiger partial charge >= 0.3 is 0 Å². The van der Waals surface area contributed by atoms with Crippen LogP contribution >= 0.6 is 0 Å². The number of hydrogen-bond acceptors (Lipinski definition) is 4. The fourth-order valence-corrected chi connectivity index (χ4v) is 3.85. The van der Waals surface area contributed by atoms with E-state index in [1.165, 1.54) is 44.1 Å². The quantitative estimate of drug-likeness (QED) is 0.925. The van der Waals surface area contributed by atoms with Crippen molar-refractivity contribution in [3.8, 4) is 11.5 Å². The zero-order valence-electron chi connectivity index (χ0n) is 12.4. The van der Waals surface area contributed by atoms with Gasteiger partial charge in [0, 0.05) is 13.1 Å². The molecule has 1 atom stereocenters. The number of benzene rings is 1. The van der Waals surface area contributed by atoms with Crippen LogP contribution in [0.3, 0.4) is 0 Å².